The Hall–Kier alpha value is -2.62. The van der Waals surface area contributed by atoms with Gasteiger partial charge in [-0.3, -0.25) is 4.79 Å². The molecule has 4 heteroatoms. The Morgan fingerprint density at radius 1 is 0.958 bits per heavy atom. The maximum Gasteiger partial charge on any atom is 0.329 e. The first-order chi connectivity index (χ1) is 11.7. The second-order valence-corrected chi connectivity index (χ2v) is 6.08. The molecule has 124 valence electrons. The number of ether oxygens (including phenoxy) is 1. The third kappa shape index (κ3) is 3.65. The van der Waals surface area contributed by atoms with Gasteiger partial charge in [0.15, 0.2) is 0 Å². The van der Waals surface area contributed by atoms with Gasteiger partial charge in [0.05, 0.1) is 7.11 Å². The molecule has 1 amide bonds. The minimum Gasteiger partial charge on any atom is -0.467 e. The molecule has 2 aromatic carbocycles. The molecule has 1 fully saturated rings. The molecule has 0 bridgehead atoms. The topological polar surface area (TPSA) is 55.4 Å². The fraction of sp³-hybridized carbons (Fsp3) is 0.300. The molecule has 24 heavy (non-hydrogen) atoms. The van der Waals surface area contributed by atoms with Crippen LogP contribution in [-0.4, -0.2) is 25.0 Å². The number of hydrogen-bond donors (Lipinski definition) is 1. The van der Waals surface area contributed by atoms with Crippen LogP contribution in [0.15, 0.2) is 60.7 Å². The first-order valence-electron chi connectivity index (χ1n) is 8.19. The van der Waals surface area contributed by atoms with Crippen LogP contribution >= 0.6 is 0 Å². The number of benzene rings is 2. The van der Waals surface area contributed by atoms with Crippen molar-refractivity contribution in [2.75, 3.05) is 7.11 Å². The van der Waals surface area contributed by atoms with Crippen molar-refractivity contribution >= 4 is 11.9 Å². The third-order valence-electron chi connectivity index (χ3n) is 4.35. The van der Waals surface area contributed by atoms with E-state index in [2.05, 4.69) is 5.32 Å². The summed E-state index contributed by atoms with van der Waals surface area (Å²) in [4.78, 5) is 24.7. The lowest BCUT2D eigenvalue weighted by molar-refractivity contribution is -0.145. The van der Waals surface area contributed by atoms with Gasteiger partial charge in [0, 0.05) is 11.8 Å². The number of amides is 1. The highest BCUT2D eigenvalue weighted by atomic mass is 16.5. The summed E-state index contributed by atoms with van der Waals surface area (Å²) >= 11 is 0. The fourth-order valence-electron chi connectivity index (χ4n) is 2.92. The van der Waals surface area contributed by atoms with E-state index in [0.29, 0.717) is 0 Å². The first-order valence-corrected chi connectivity index (χ1v) is 8.19. The first kappa shape index (κ1) is 16.2. The number of rotatable bonds is 6. The van der Waals surface area contributed by atoms with Crippen LogP contribution in [0.3, 0.4) is 0 Å². The average Bonchev–Trinajstić information content (AvgIpc) is 3.47. The lowest BCUT2D eigenvalue weighted by atomic mass is 9.85. The Bertz CT molecular complexity index is 656. The van der Waals surface area contributed by atoms with Crippen LogP contribution in [0.1, 0.15) is 29.9 Å². The van der Waals surface area contributed by atoms with Crippen molar-refractivity contribution in [2.24, 2.45) is 5.92 Å². The number of methoxy groups -OCH3 is 1. The van der Waals surface area contributed by atoms with E-state index in [4.69, 9.17) is 4.74 Å². The van der Waals surface area contributed by atoms with Gasteiger partial charge < -0.3 is 10.1 Å². The number of esters is 1. The molecule has 0 aromatic heterocycles. The molecule has 1 atom stereocenters. The maximum absolute atomic E-state index is 12.4. The molecule has 2 aromatic rings. The summed E-state index contributed by atoms with van der Waals surface area (Å²) in [7, 11) is 1.35. The van der Waals surface area contributed by atoms with Gasteiger partial charge in [-0.05, 0) is 24.0 Å². The molecule has 1 aliphatic rings. The molecule has 0 saturated heterocycles. The van der Waals surface area contributed by atoms with E-state index in [0.717, 1.165) is 24.0 Å². The van der Waals surface area contributed by atoms with Gasteiger partial charge in [-0.25, -0.2) is 4.79 Å². The molecule has 0 unspecified atom stereocenters. The monoisotopic (exact) mass is 323 g/mol. The van der Waals surface area contributed by atoms with E-state index in [1.165, 1.54) is 7.11 Å². The molecule has 0 radical (unpaired) electrons. The number of carbonyl (C=O) groups is 2. The van der Waals surface area contributed by atoms with Crippen LogP contribution in [-0.2, 0) is 14.3 Å². The van der Waals surface area contributed by atoms with E-state index in [1.54, 1.807) is 0 Å². The largest absolute Gasteiger partial charge is 0.467 e. The second-order valence-electron chi connectivity index (χ2n) is 6.08. The van der Waals surface area contributed by atoms with Crippen molar-refractivity contribution in [2.45, 2.75) is 24.8 Å². The molecule has 3 rings (SSSR count). The Labute approximate surface area is 141 Å². The predicted molar refractivity (Wildman–Crippen MR) is 91.4 cm³/mol. The number of hydrogen-bond acceptors (Lipinski definition) is 3. The Kier molecular flexibility index (Phi) is 4.94. The molecule has 1 aliphatic carbocycles. The van der Waals surface area contributed by atoms with Crippen molar-refractivity contribution < 1.29 is 14.3 Å². The van der Waals surface area contributed by atoms with E-state index < -0.39 is 12.0 Å². The van der Waals surface area contributed by atoms with E-state index in [1.807, 2.05) is 60.7 Å². The smallest absolute Gasteiger partial charge is 0.329 e. The van der Waals surface area contributed by atoms with Crippen LogP contribution in [0.2, 0.25) is 0 Å². The van der Waals surface area contributed by atoms with Crippen LogP contribution in [0, 0.1) is 5.92 Å². The summed E-state index contributed by atoms with van der Waals surface area (Å²) in [5.41, 5.74) is 1.94. The summed E-state index contributed by atoms with van der Waals surface area (Å²) in [5.74, 6) is -0.754. The van der Waals surface area contributed by atoms with E-state index in [-0.39, 0.29) is 17.7 Å². The Morgan fingerprint density at radius 2 is 1.46 bits per heavy atom. The Balaban J connectivity index is 1.99. The average molecular weight is 323 g/mol. The molecular weight excluding hydrogens is 302 g/mol. The van der Waals surface area contributed by atoms with Crippen LogP contribution < -0.4 is 5.32 Å². The van der Waals surface area contributed by atoms with Crippen molar-refractivity contribution in [1.29, 1.82) is 0 Å². The van der Waals surface area contributed by atoms with Gasteiger partial charge in [-0.1, -0.05) is 60.7 Å². The fourth-order valence-corrected chi connectivity index (χ4v) is 2.92. The van der Waals surface area contributed by atoms with E-state index >= 15 is 0 Å². The zero-order chi connectivity index (χ0) is 16.9. The maximum atomic E-state index is 12.4. The summed E-state index contributed by atoms with van der Waals surface area (Å²) < 4.78 is 4.98. The minimum atomic E-state index is -0.743. The highest BCUT2D eigenvalue weighted by molar-refractivity contribution is 5.88. The quantitative estimate of drug-likeness (QED) is 0.832. The van der Waals surface area contributed by atoms with Crippen molar-refractivity contribution in [1.82, 2.24) is 5.32 Å². The summed E-state index contributed by atoms with van der Waals surface area (Å²) in [6.45, 7) is 0. The molecule has 1 N–H and O–H groups in total. The van der Waals surface area contributed by atoms with Crippen LogP contribution in [0.4, 0.5) is 0 Å². The second kappa shape index (κ2) is 7.30. The molecule has 0 heterocycles. The lowest BCUT2D eigenvalue weighted by Gasteiger charge is -2.27. The normalized spacial score (nSPS) is 14.9. The summed E-state index contributed by atoms with van der Waals surface area (Å²) in [6.07, 6.45) is 1.78. The molecule has 0 aliphatic heterocycles. The van der Waals surface area contributed by atoms with Gasteiger partial charge in [-0.15, -0.1) is 0 Å². The highest BCUT2D eigenvalue weighted by Crippen LogP contribution is 2.32. The minimum absolute atomic E-state index is 0.0318. The van der Waals surface area contributed by atoms with Gasteiger partial charge in [0.25, 0.3) is 0 Å². The van der Waals surface area contributed by atoms with Gasteiger partial charge in [0.2, 0.25) is 5.91 Å². The van der Waals surface area contributed by atoms with Gasteiger partial charge in [-0.2, -0.15) is 0 Å². The van der Waals surface area contributed by atoms with Gasteiger partial charge in [0.1, 0.15) is 6.04 Å². The number of nitrogens with one attached hydrogen (secondary N) is 1. The van der Waals surface area contributed by atoms with Crippen molar-refractivity contribution in [3.05, 3.63) is 71.8 Å². The molecular formula is C20H21NO3. The SMILES string of the molecule is COC(=O)[C@H](NC(=O)C1CC1)C(c1ccccc1)c1ccccc1. The third-order valence-corrected chi connectivity index (χ3v) is 4.35. The van der Waals surface area contributed by atoms with Crippen LogP contribution in [0.25, 0.3) is 0 Å². The lowest BCUT2D eigenvalue weighted by Crippen LogP contribution is -2.46. The van der Waals surface area contributed by atoms with Gasteiger partial charge >= 0.3 is 5.97 Å². The zero-order valence-electron chi connectivity index (χ0n) is 13.6. The summed E-state index contributed by atoms with van der Waals surface area (Å²) in [6, 6.07) is 18.7. The van der Waals surface area contributed by atoms with Crippen LogP contribution in [0.5, 0.6) is 0 Å². The molecule has 0 spiro atoms. The zero-order valence-corrected chi connectivity index (χ0v) is 13.6. The van der Waals surface area contributed by atoms with Crippen molar-refractivity contribution in [3.63, 3.8) is 0 Å². The standard InChI is InChI=1S/C20H21NO3/c1-24-20(23)18(21-19(22)16-12-13-16)17(14-8-4-2-5-9-14)15-10-6-3-7-11-15/h2-11,16-18H,12-13H2,1H3,(H,21,22)/t18-/m1/s1. The predicted octanol–water partition coefficient (Wildman–Crippen LogP) is 2.89. The Morgan fingerprint density at radius 3 is 1.88 bits per heavy atom. The molecule has 1 saturated carbocycles. The van der Waals surface area contributed by atoms with Crippen molar-refractivity contribution in [3.8, 4) is 0 Å². The highest BCUT2D eigenvalue weighted by Gasteiger charge is 2.37. The number of carbonyl (C=O) groups excluding carboxylic acids is 2. The molecule has 4 nitrogen and oxygen atoms in total. The van der Waals surface area contributed by atoms with E-state index in [9.17, 15) is 9.59 Å². The summed E-state index contributed by atoms with van der Waals surface area (Å²) in [5, 5.41) is 2.91.